The van der Waals surface area contributed by atoms with Gasteiger partial charge in [0.15, 0.2) is 18.3 Å². The molecule has 0 radical (unpaired) electrons. The van der Waals surface area contributed by atoms with E-state index in [1.807, 2.05) is 0 Å². The predicted molar refractivity (Wildman–Crippen MR) is 134 cm³/mol. The van der Waals surface area contributed by atoms with Crippen LogP contribution in [-0.2, 0) is 71.4 Å². The van der Waals surface area contributed by atoms with Gasteiger partial charge in [0, 0.05) is 40.5 Å². The summed E-state index contributed by atoms with van der Waals surface area (Å²) in [5, 5.41) is 0. The van der Waals surface area contributed by atoms with Crippen LogP contribution in [-0.4, -0.2) is 93.1 Å². The van der Waals surface area contributed by atoms with Crippen molar-refractivity contribution >= 4 is 35.8 Å². The molecule has 0 amide bonds. The molecule has 15 nitrogen and oxygen atoms in total. The first kappa shape index (κ1) is 32.5. The molecule has 15 heteroatoms. The van der Waals surface area contributed by atoms with Crippen molar-refractivity contribution in [2.45, 2.75) is 78.0 Å². The molecule has 0 aromatic rings. The van der Waals surface area contributed by atoms with Crippen molar-refractivity contribution in [3.8, 4) is 0 Å². The highest BCUT2D eigenvalue weighted by molar-refractivity contribution is 5.89. The van der Waals surface area contributed by atoms with E-state index in [0.29, 0.717) is 12.0 Å². The Labute approximate surface area is 241 Å². The largest absolute Gasteiger partial charge is 0.471 e. The highest BCUT2D eigenvalue weighted by atomic mass is 16.8. The minimum atomic E-state index is -1.53. The van der Waals surface area contributed by atoms with Crippen LogP contribution < -0.4 is 0 Å². The van der Waals surface area contributed by atoms with E-state index < -0.39 is 91.3 Å². The van der Waals surface area contributed by atoms with E-state index >= 15 is 0 Å². The summed E-state index contributed by atoms with van der Waals surface area (Å²) in [6.45, 7) is 5.14. The Balaban J connectivity index is 2.01. The quantitative estimate of drug-likeness (QED) is 0.193. The summed E-state index contributed by atoms with van der Waals surface area (Å²) in [6, 6.07) is 0. The van der Waals surface area contributed by atoms with E-state index in [-0.39, 0.29) is 12.2 Å². The molecule has 3 aliphatic rings. The molecule has 1 fully saturated rings. The smallest absolute Gasteiger partial charge is 0.337 e. The number of methoxy groups -OCH3 is 1. The second-order valence-corrected chi connectivity index (χ2v) is 9.70. The number of ether oxygens (including phenoxy) is 9. The zero-order chi connectivity index (χ0) is 31.1. The summed E-state index contributed by atoms with van der Waals surface area (Å²) >= 11 is 0. The van der Waals surface area contributed by atoms with Gasteiger partial charge in [-0.05, 0) is 12.0 Å². The summed E-state index contributed by atoms with van der Waals surface area (Å²) in [4.78, 5) is 71.8. The molecule has 0 spiro atoms. The molecule has 1 aliphatic carbocycles. The normalized spacial score (nSPS) is 29.9. The monoisotopic (exact) mass is 598 g/mol. The summed E-state index contributed by atoms with van der Waals surface area (Å²) in [6.07, 6.45) is -4.93. The molecular weight excluding hydrogens is 564 g/mol. The van der Waals surface area contributed by atoms with Crippen molar-refractivity contribution in [2.75, 3.05) is 20.3 Å². The SMILES string of the molecule is COC(=O)C1=CO[C@@H](O[C@@H]2O[C@H](COC(C)=O)[C@@H](OC(C)=O)[C@H](OC(C)=O)[C@H]2OC(C)=O)C2C(COC(C)=O)=CCC12. The Kier molecular flexibility index (Phi) is 11.1. The standard InChI is InChI=1S/C27H34O15/c1-12(28)35-9-17-7-8-18-19(25(33)34-6)10-37-26(21(17)18)42-27-24(40-16(5)32)23(39-15(4)31)22(38-14(3)30)20(41-27)11-36-13(2)29/h7,10,18,20-24,26-27H,8-9,11H2,1-6H3/t18?,20-,21?,22-,23+,24-,26+,27+/m1/s1. The molecule has 0 saturated carbocycles. The molecule has 232 valence electrons. The predicted octanol–water partition coefficient (Wildman–Crippen LogP) is 0.625. The van der Waals surface area contributed by atoms with Gasteiger partial charge in [-0.1, -0.05) is 6.08 Å². The summed E-state index contributed by atoms with van der Waals surface area (Å²) in [7, 11) is 1.22. The van der Waals surface area contributed by atoms with E-state index in [2.05, 4.69) is 0 Å². The van der Waals surface area contributed by atoms with Crippen molar-refractivity contribution < 1.29 is 71.4 Å². The van der Waals surface area contributed by atoms with Crippen LogP contribution in [0.4, 0.5) is 0 Å². The number of hydrogen-bond donors (Lipinski definition) is 0. The topological polar surface area (TPSA) is 185 Å². The van der Waals surface area contributed by atoms with Crippen LogP contribution in [0.5, 0.6) is 0 Å². The molecule has 0 aromatic heterocycles. The third kappa shape index (κ3) is 8.06. The zero-order valence-corrected chi connectivity index (χ0v) is 24.0. The van der Waals surface area contributed by atoms with Crippen molar-refractivity contribution in [1.82, 2.24) is 0 Å². The average molecular weight is 599 g/mol. The van der Waals surface area contributed by atoms with Crippen molar-refractivity contribution in [3.05, 3.63) is 23.5 Å². The summed E-state index contributed by atoms with van der Waals surface area (Å²) in [5.74, 6) is -5.39. The van der Waals surface area contributed by atoms with Crippen molar-refractivity contribution in [2.24, 2.45) is 11.8 Å². The van der Waals surface area contributed by atoms with Gasteiger partial charge in [-0.2, -0.15) is 0 Å². The Morgan fingerprint density at radius 3 is 1.95 bits per heavy atom. The number of carbonyl (C=O) groups excluding carboxylic acids is 6. The number of esters is 6. The Morgan fingerprint density at radius 1 is 0.786 bits per heavy atom. The molecule has 0 bridgehead atoms. The van der Waals surface area contributed by atoms with Crippen molar-refractivity contribution in [3.63, 3.8) is 0 Å². The van der Waals surface area contributed by atoms with E-state index in [4.69, 9.17) is 42.6 Å². The summed E-state index contributed by atoms with van der Waals surface area (Å²) < 4.78 is 49.4. The maximum Gasteiger partial charge on any atom is 0.337 e. The van der Waals surface area contributed by atoms with Crippen LogP contribution in [0.3, 0.4) is 0 Å². The first-order valence-corrected chi connectivity index (χ1v) is 13.0. The molecule has 2 heterocycles. The Hall–Kier alpha value is -3.98. The highest BCUT2D eigenvalue weighted by Crippen LogP contribution is 2.45. The molecule has 42 heavy (non-hydrogen) atoms. The van der Waals surface area contributed by atoms with Gasteiger partial charge >= 0.3 is 35.8 Å². The van der Waals surface area contributed by atoms with Gasteiger partial charge in [-0.3, -0.25) is 24.0 Å². The minimum Gasteiger partial charge on any atom is -0.471 e. The van der Waals surface area contributed by atoms with Crippen LogP contribution in [0.15, 0.2) is 23.5 Å². The maximum absolute atomic E-state index is 12.5. The van der Waals surface area contributed by atoms with Crippen LogP contribution in [0.1, 0.15) is 41.0 Å². The number of hydrogen-bond acceptors (Lipinski definition) is 15. The van der Waals surface area contributed by atoms with Gasteiger partial charge in [0.25, 0.3) is 0 Å². The Bertz CT molecular complexity index is 1140. The van der Waals surface area contributed by atoms with Crippen LogP contribution in [0, 0.1) is 11.8 Å². The molecule has 8 atom stereocenters. The lowest BCUT2D eigenvalue weighted by atomic mass is 9.83. The molecule has 0 N–H and O–H groups in total. The van der Waals surface area contributed by atoms with Gasteiger partial charge < -0.3 is 42.6 Å². The third-order valence-electron chi connectivity index (χ3n) is 6.60. The molecule has 1 saturated heterocycles. The van der Waals surface area contributed by atoms with Crippen LogP contribution in [0.25, 0.3) is 0 Å². The molecular formula is C27H34O15. The average Bonchev–Trinajstić information content (AvgIpc) is 3.33. The third-order valence-corrected chi connectivity index (χ3v) is 6.60. The minimum absolute atomic E-state index is 0.118. The fourth-order valence-electron chi connectivity index (χ4n) is 5.02. The van der Waals surface area contributed by atoms with Gasteiger partial charge in [0.05, 0.1) is 24.9 Å². The number of fused-ring (bicyclic) bond motifs is 1. The summed E-state index contributed by atoms with van der Waals surface area (Å²) in [5.41, 5.74) is 0.804. The first-order chi connectivity index (χ1) is 19.8. The highest BCUT2D eigenvalue weighted by Gasteiger charge is 2.55. The van der Waals surface area contributed by atoms with E-state index in [1.165, 1.54) is 20.3 Å². The number of rotatable bonds is 10. The molecule has 0 aromatic carbocycles. The van der Waals surface area contributed by atoms with Crippen LogP contribution >= 0.6 is 0 Å². The zero-order valence-electron chi connectivity index (χ0n) is 24.0. The lowest BCUT2D eigenvalue weighted by Crippen LogP contribution is -2.63. The molecule has 2 aliphatic heterocycles. The van der Waals surface area contributed by atoms with E-state index in [0.717, 1.165) is 27.7 Å². The fourth-order valence-corrected chi connectivity index (χ4v) is 5.02. The van der Waals surface area contributed by atoms with E-state index in [9.17, 15) is 28.8 Å². The first-order valence-electron chi connectivity index (χ1n) is 13.0. The van der Waals surface area contributed by atoms with Gasteiger partial charge in [-0.15, -0.1) is 0 Å². The maximum atomic E-state index is 12.5. The Morgan fingerprint density at radius 2 is 1.38 bits per heavy atom. The van der Waals surface area contributed by atoms with Gasteiger partial charge in [-0.25, -0.2) is 4.79 Å². The van der Waals surface area contributed by atoms with E-state index in [1.54, 1.807) is 6.08 Å². The number of allylic oxidation sites excluding steroid dienone is 1. The fraction of sp³-hybridized carbons (Fsp3) is 0.630. The number of carbonyl (C=O) groups is 6. The van der Waals surface area contributed by atoms with Gasteiger partial charge in [0.2, 0.25) is 12.6 Å². The second kappa shape index (κ2) is 14.3. The molecule has 2 unspecified atom stereocenters. The van der Waals surface area contributed by atoms with Gasteiger partial charge in [0.1, 0.15) is 19.3 Å². The molecule has 3 rings (SSSR count). The second-order valence-electron chi connectivity index (χ2n) is 9.70. The lowest BCUT2D eigenvalue weighted by Gasteiger charge is -2.45. The van der Waals surface area contributed by atoms with Crippen molar-refractivity contribution in [1.29, 1.82) is 0 Å². The lowest BCUT2D eigenvalue weighted by molar-refractivity contribution is -0.342. The van der Waals surface area contributed by atoms with Crippen LogP contribution in [0.2, 0.25) is 0 Å².